The maximum atomic E-state index is 2.62. The van der Waals surface area contributed by atoms with Crippen LogP contribution in [-0.2, 0) is 5.41 Å². The van der Waals surface area contributed by atoms with Gasteiger partial charge in [0.1, 0.15) is 0 Å². The summed E-state index contributed by atoms with van der Waals surface area (Å²) >= 11 is 0. The first-order chi connectivity index (χ1) is 23.3. The van der Waals surface area contributed by atoms with Crippen LogP contribution >= 0.6 is 0 Å². The van der Waals surface area contributed by atoms with Crippen molar-refractivity contribution in [2.75, 3.05) is 0 Å². The van der Waals surface area contributed by atoms with Crippen LogP contribution in [0.15, 0.2) is 54.6 Å². The largest absolute Gasteiger partial charge is 0.0659 e. The molecule has 0 saturated heterocycles. The molecule has 7 aromatic rings. The van der Waals surface area contributed by atoms with Gasteiger partial charge >= 0.3 is 0 Å². The first kappa shape index (κ1) is 30.4. The fourth-order valence-corrected chi connectivity index (χ4v) is 10.4. The van der Waals surface area contributed by atoms with Crippen molar-refractivity contribution in [3.63, 3.8) is 0 Å². The highest BCUT2D eigenvalue weighted by Gasteiger charge is 2.48. The van der Waals surface area contributed by atoms with E-state index in [9.17, 15) is 0 Å². The molecule has 2 aliphatic carbocycles. The molecule has 0 aliphatic heterocycles. The van der Waals surface area contributed by atoms with Gasteiger partial charge in [0.25, 0.3) is 0 Å². The summed E-state index contributed by atoms with van der Waals surface area (Å²) in [6.07, 6.45) is 5.11. The van der Waals surface area contributed by atoms with Crippen LogP contribution in [0.2, 0.25) is 0 Å². The van der Waals surface area contributed by atoms with Gasteiger partial charge in [-0.3, -0.25) is 0 Å². The van der Waals surface area contributed by atoms with E-state index in [1.54, 1.807) is 0 Å². The minimum Gasteiger partial charge on any atom is -0.0645 e. The van der Waals surface area contributed by atoms with Crippen LogP contribution in [0.5, 0.6) is 0 Å². The lowest BCUT2D eigenvalue weighted by Crippen LogP contribution is -2.30. The van der Waals surface area contributed by atoms with Crippen LogP contribution in [0.3, 0.4) is 0 Å². The lowest BCUT2D eigenvalue weighted by molar-refractivity contribution is 0.779. The number of hydrogen-bond donors (Lipinski definition) is 0. The van der Waals surface area contributed by atoms with Crippen molar-refractivity contribution in [3.05, 3.63) is 144 Å². The molecule has 0 heterocycles. The van der Waals surface area contributed by atoms with E-state index in [1.807, 2.05) is 0 Å². The molecule has 2 aliphatic rings. The summed E-state index contributed by atoms with van der Waals surface area (Å²) in [5.74, 6) is 0. The standard InChI is InChI=1S/C49H46/c1-23-24(2)30(8)42-41(29(23)7)43-31(9)25(3)27(5)33(11)47(43)49(48-34(12)28(6)26(4)32(10)44(42)48)21-20-38-39-19-18-36-15-13-14-35-16-17-37(22-40(38)49)46(39)45(35)36/h13-22H,1-12H3. The molecule has 1 spiro atoms. The van der Waals surface area contributed by atoms with Gasteiger partial charge in [-0.25, -0.2) is 0 Å². The van der Waals surface area contributed by atoms with Crippen molar-refractivity contribution in [1.82, 2.24) is 0 Å². The molecule has 0 aromatic heterocycles. The second kappa shape index (κ2) is 9.72. The van der Waals surface area contributed by atoms with Gasteiger partial charge in [0.15, 0.2) is 0 Å². The highest BCUT2D eigenvalue weighted by atomic mass is 14.5. The van der Waals surface area contributed by atoms with Crippen molar-refractivity contribution < 1.29 is 0 Å². The second-order valence-electron chi connectivity index (χ2n) is 15.6. The molecule has 0 atom stereocenters. The Balaban J connectivity index is 1.61. The number of rotatable bonds is 0. The van der Waals surface area contributed by atoms with Gasteiger partial charge in [-0.1, -0.05) is 54.6 Å². The average molecular weight is 635 g/mol. The van der Waals surface area contributed by atoms with E-state index in [0.717, 1.165) is 0 Å². The summed E-state index contributed by atoms with van der Waals surface area (Å²) in [4.78, 5) is 0. The van der Waals surface area contributed by atoms with Crippen LogP contribution in [0.4, 0.5) is 0 Å². The Morgan fingerprint density at radius 1 is 0.388 bits per heavy atom. The zero-order chi connectivity index (χ0) is 34.6. The van der Waals surface area contributed by atoms with E-state index in [2.05, 4.69) is 144 Å². The molecular formula is C49H46. The van der Waals surface area contributed by atoms with Gasteiger partial charge in [0.05, 0.1) is 5.41 Å². The van der Waals surface area contributed by atoms with Gasteiger partial charge in [-0.2, -0.15) is 0 Å². The van der Waals surface area contributed by atoms with E-state index in [0.29, 0.717) is 0 Å². The van der Waals surface area contributed by atoms with Crippen molar-refractivity contribution in [2.24, 2.45) is 0 Å². The predicted octanol–water partition coefficient (Wildman–Crippen LogP) is 13.3. The van der Waals surface area contributed by atoms with Gasteiger partial charge in [0.2, 0.25) is 0 Å². The Hall–Kier alpha value is -4.68. The van der Waals surface area contributed by atoms with Crippen molar-refractivity contribution in [2.45, 2.75) is 88.5 Å². The van der Waals surface area contributed by atoms with E-state index in [-0.39, 0.29) is 0 Å². The normalized spacial score (nSPS) is 14.2. The Morgan fingerprint density at radius 3 is 1.33 bits per heavy atom. The minimum absolute atomic E-state index is 0.454. The smallest absolute Gasteiger partial charge is 0.0645 e. The third-order valence-corrected chi connectivity index (χ3v) is 14.0. The molecule has 49 heavy (non-hydrogen) atoms. The highest BCUT2D eigenvalue weighted by molar-refractivity contribution is 6.25. The van der Waals surface area contributed by atoms with Crippen molar-refractivity contribution in [1.29, 1.82) is 0 Å². The van der Waals surface area contributed by atoms with E-state index in [4.69, 9.17) is 0 Å². The summed E-state index contributed by atoms with van der Waals surface area (Å²) in [7, 11) is 0. The second-order valence-corrected chi connectivity index (χ2v) is 15.6. The molecule has 0 nitrogen and oxygen atoms in total. The molecule has 0 bridgehead atoms. The molecule has 242 valence electrons. The lowest BCUT2D eigenvalue weighted by atomic mass is 9.63. The maximum Gasteiger partial charge on any atom is 0.0659 e. The Kier molecular flexibility index (Phi) is 6.03. The summed E-state index contributed by atoms with van der Waals surface area (Å²) in [5.41, 5.74) is 28.1. The molecule has 0 saturated carbocycles. The number of benzene rings is 7. The molecule has 9 rings (SSSR count). The van der Waals surface area contributed by atoms with Crippen LogP contribution in [0.25, 0.3) is 60.6 Å². The summed E-state index contributed by atoms with van der Waals surface area (Å²) in [6, 6.07) is 18.8. The van der Waals surface area contributed by atoms with Gasteiger partial charge in [0, 0.05) is 0 Å². The molecular weight excluding hydrogens is 589 g/mol. The number of hydrogen-bond acceptors (Lipinski definition) is 0. The average Bonchev–Trinajstić information content (AvgIpc) is 3.42. The van der Waals surface area contributed by atoms with E-state index >= 15 is 0 Å². The molecule has 0 fully saturated rings. The quantitative estimate of drug-likeness (QED) is 0.146. The SMILES string of the molecule is Cc1c(C)c(C)c2c(c1C)-c1c(C)c(C)c(C)c(C)c1C1(C=Cc3c1cc1ccc4cccc5ccc3c1c45)c1c(C)c(C)c(C)c(C)c1-2. The van der Waals surface area contributed by atoms with Crippen LogP contribution in [0.1, 0.15) is 89.0 Å². The maximum absolute atomic E-state index is 2.62. The summed E-state index contributed by atoms with van der Waals surface area (Å²) in [6.45, 7) is 28.5. The minimum atomic E-state index is -0.454. The Bertz CT molecular complexity index is 2590. The third kappa shape index (κ3) is 3.41. The Labute approximate surface area is 291 Å². The first-order valence-electron chi connectivity index (χ1n) is 18.1. The van der Waals surface area contributed by atoms with Crippen LogP contribution < -0.4 is 0 Å². The molecule has 0 unspecified atom stereocenters. The van der Waals surface area contributed by atoms with Crippen molar-refractivity contribution >= 4 is 38.4 Å². The van der Waals surface area contributed by atoms with Crippen molar-refractivity contribution in [3.8, 4) is 22.3 Å². The first-order valence-corrected chi connectivity index (χ1v) is 18.1. The number of fused-ring (bicyclic) bond motifs is 10. The number of allylic oxidation sites excluding steroid dienone is 1. The molecule has 7 aromatic carbocycles. The van der Waals surface area contributed by atoms with Gasteiger partial charge < -0.3 is 0 Å². The van der Waals surface area contributed by atoms with Crippen LogP contribution in [-0.4, -0.2) is 0 Å². The predicted molar refractivity (Wildman–Crippen MR) is 213 cm³/mol. The molecule has 0 radical (unpaired) electrons. The van der Waals surface area contributed by atoms with Gasteiger partial charge in [-0.05, 0) is 233 Å². The molecule has 0 N–H and O–H groups in total. The highest BCUT2D eigenvalue weighted by Crippen LogP contribution is 2.62. The fraction of sp³-hybridized carbons (Fsp3) is 0.265. The van der Waals surface area contributed by atoms with Gasteiger partial charge in [-0.15, -0.1) is 0 Å². The summed E-state index contributed by atoms with van der Waals surface area (Å²) < 4.78 is 0. The van der Waals surface area contributed by atoms with E-state index in [1.165, 1.54) is 144 Å². The van der Waals surface area contributed by atoms with E-state index < -0.39 is 5.41 Å². The Morgan fingerprint density at radius 2 is 0.816 bits per heavy atom. The third-order valence-electron chi connectivity index (χ3n) is 14.0. The molecule has 0 amide bonds. The van der Waals surface area contributed by atoms with Crippen LogP contribution in [0, 0.1) is 83.1 Å². The zero-order valence-corrected chi connectivity index (χ0v) is 31.3. The monoisotopic (exact) mass is 634 g/mol. The fourth-order valence-electron chi connectivity index (χ4n) is 10.4. The summed E-state index contributed by atoms with van der Waals surface area (Å²) in [5, 5.41) is 8.12. The zero-order valence-electron chi connectivity index (χ0n) is 31.3. The topological polar surface area (TPSA) is 0 Å². The molecule has 0 heteroatoms. The lowest BCUT2D eigenvalue weighted by Gasteiger charge is -2.38.